The van der Waals surface area contributed by atoms with Gasteiger partial charge in [0.05, 0.1) is 16.1 Å². The molecular formula is C16H16BrN3O4S. The summed E-state index contributed by atoms with van der Waals surface area (Å²) < 4.78 is 6.08. The van der Waals surface area contributed by atoms with Crippen LogP contribution in [0.5, 0.6) is 0 Å². The molecule has 132 valence electrons. The van der Waals surface area contributed by atoms with Crippen molar-refractivity contribution in [2.75, 3.05) is 6.54 Å². The highest BCUT2D eigenvalue weighted by molar-refractivity contribution is 9.11. The van der Waals surface area contributed by atoms with Gasteiger partial charge in [-0.2, -0.15) is 0 Å². The number of carbonyl (C=O) groups excluding carboxylic acids is 3. The van der Waals surface area contributed by atoms with Gasteiger partial charge in [-0.05, 0) is 54.0 Å². The molecule has 3 rings (SSSR count). The van der Waals surface area contributed by atoms with E-state index in [1.165, 1.54) is 17.6 Å². The first-order chi connectivity index (χ1) is 11.8. The second-order valence-electron chi connectivity index (χ2n) is 5.85. The maximum Gasteiger partial charge on any atom is 0.325 e. The van der Waals surface area contributed by atoms with Gasteiger partial charge in [0.25, 0.3) is 5.91 Å². The number of imide groups is 1. The second kappa shape index (κ2) is 6.64. The van der Waals surface area contributed by atoms with Gasteiger partial charge in [0.2, 0.25) is 5.91 Å². The summed E-state index contributed by atoms with van der Waals surface area (Å²) in [6.45, 7) is 3.04. The number of hydrogen-bond acceptors (Lipinski definition) is 5. The number of amides is 4. The summed E-state index contributed by atoms with van der Waals surface area (Å²) >= 11 is 4.71. The Balaban J connectivity index is 1.69. The average Bonchev–Trinajstić information content (AvgIpc) is 3.26. The number of rotatable bonds is 5. The zero-order valence-electron chi connectivity index (χ0n) is 13.5. The van der Waals surface area contributed by atoms with Gasteiger partial charge < -0.3 is 15.1 Å². The van der Waals surface area contributed by atoms with Crippen molar-refractivity contribution in [1.82, 2.24) is 15.5 Å². The third-order valence-electron chi connectivity index (χ3n) is 3.99. The van der Waals surface area contributed by atoms with E-state index in [0.29, 0.717) is 10.6 Å². The molecule has 9 heteroatoms. The van der Waals surface area contributed by atoms with Crippen molar-refractivity contribution in [2.24, 2.45) is 0 Å². The van der Waals surface area contributed by atoms with Crippen molar-refractivity contribution in [3.05, 3.63) is 45.0 Å². The van der Waals surface area contributed by atoms with E-state index < -0.39 is 23.4 Å². The first-order valence-corrected chi connectivity index (χ1v) is 9.15. The maximum absolute atomic E-state index is 12.7. The Kier molecular flexibility index (Phi) is 4.70. The molecule has 1 fully saturated rings. The lowest BCUT2D eigenvalue weighted by Gasteiger charge is -2.20. The van der Waals surface area contributed by atoms with Crippen LogP contribution in [0.25, 0.3) is 0 Å². The van der Waals surface area contributed by atoms with Crippen LogP contribution >= 0.6 is 27.3 Å². The molecule has 7 nitrogen and oxygen atoms in total. The lowest BCUT2D eigenvalue weighted by atomic mass is 10.0. The number of halogens is 1. The van der Waals surface area contributed by atoms with Crippen LogP contribution in [0.1, 0.15) is 30.5 Å². The molecule has 1 aliphatic rings. The topological polar surface area (TPSA) is 91.7 Å². The molecule has 0 aliphatic carbocycles. The maximum atomic E-state index is 12.7. The summed E-state index contributed by atoms with van der Waals surface area (Å²) in [5, 5.41) is 5.38. The summed E-state index contributed by atoms with van der Waals surface area (Å²) in [6, 6.07) is 6.10. The second-order valence-corrected chi connectivity index (χ2v) is 8.32. The van der Waals surface area contributed by atoms with Crippen LogP contribution in [-0.2, 0) is 15.1 Å². The molecular weight excluding hydrogens is 410 g/mol. The largest absolute Gasteiger partial charge is 0.467 e. The third-order valence-corrected chi connectivity index (χ3v) is 5.84. The van der Waals surface area contributed by atoms with Crippen molar-refractivity contribution in [2.45, 2.75) is 25.4 Å². The fourth-order valence-electron chi connectivity index (χ4n) is 2.63. The van der Waals surface area contributed by atoms with E-state index in [-0.39, 0.29) is 12.6 Å². The molecule has 2 N–H and O–H groups in total. The Morgan fingerprint density at radius 1 is 1.44 bits per heavy atom. The van der Waals surface area contributed by atoms with Crippen molar-refractivity contribution in [3.63, 3.8) is 0 Å². The van der Waals surface area contributed by atoms with Crippen LogP contribution in [-0.4, -0.2) is 29.3 Å². The molecule has 2 atom stereocenters. The summed E-state index contributed by atoms with van der Waals surface area (Å²) in [5.41, 5.74) is -1.17. The SMILES string of the molecule is CC(NC(=O)CN1C(=O)NC(C)(c2ccc(Br)s2)C1=O)c1ccco1. The number of hydrogen-bond donors (Lipinski definition) is 2. The van der Waals surface area contributed by atoms with Crippen molar-refractivity contribution in [3.8, 4) is 0 Å². The molecule has 0 saturated carbocycles. The number of nitrogens with zero attached hydrogens (tertiary/aromatic N) is 1. The Labute approximate surface area is 156 Å². The molecule has 0 bridgehead atoms. The van der Waals surface area contributed by atoms with E-state index in [2.05, 4.69) is 26.6 Å². The van der Waals surface area contributed by atoms with Crippen molar-refractivity contribution in [1.29, 1.82) is 0 Å². The summed E-state index contributed by atoms with van der Waals surface area (Å²) in [5.74, 6) is -0.296. The molecule has 2 aromatic heterocycles. The fourth-order valence-corrected chi connectivity index (χ4v) is 4.11. The third kappa shape index (κ3) is 3.34. The zero-order valence-corrected chi connectivity index (χ0v) is 15.9. The first kappa shape index (κ1) is 17.7. The van der Waals surface area contributed by atoms with Crippen LogP contribution in [0.4, 0.5) is 4.79 Å². The van der Waals surface area contributed by atoms with Gasteiger partial charge in [-0.15, -0.1) is 11.3 Å². The van der Waals surface area contributed by atoms with Crippen LogP contribution in [0, 0.1) is 0 Å². The van der Waals surface area contributed by atoms with Gasteiger partial charge in [0, 0.05) is 4.88 Å². The van der Waals surface area contributed by atoms with Crippen LogP contribution < -0.4 is 10.6 Å². The highest BCUT2D eigenvalue weighted by atomic mass is 79.9. The average molecular weight is 426 g/mol. The predicted octanol–water partition coefficient (Wildman–Crippen LogP) is 2.75. The minimum atomic E-state index is -1.17. The van der Waals surface area contributed by atoms with Gasteiger partial charge in [-0.3, -0.25) is 14.5 Å². The molecule has 1 aliphatic heterocycles. The number of thiophene rings is 1. The molecule has 0 spiro atoms. The Bertz CT molecular complexity index is 819. The molecule has 2 aromatic rings. The van der Waals surface area contributed by atoms with Crippen molar-refractivity contribution < 1.29 is 18.8 Å². The molecule has 25 heavy (non-hydrogen) atoms. The lowest BCUT2D eigenvalue weighted by molar-refractivity contribution is -0.135. The fraction of sp³-hybridized carbons (Fsp3) is 0.312. The molecule has 0 radical (unpaired) electrons. The smallest absolute Gasteiger partial charge is 0.325 e. The molecule has 2 unspecified atom stereocenters. The van der Waals surface area contributed by atoms with Crippen LogP contribution in [0.2, 0.25) is 0 Å². The van der Waals surface area contributed by atoms with E-state index in [9.17, 15) is 14.4 Å². The Hall–Kier alpha value is -2.13. The highest BCUT2D eigenvalue weighted by Crippen LogP contribution is 2.35. The summed E-state index contributed by atoms with van der Waals surface area (Å²) in [6.07, 6.45) is 1.51. The summed E-state index contributed by atoms with van der Waals surface area (Å²) in [7, 11) is 0. The molecule has 1 saturated heterocycles. The normalized spacial score (nSPS) is 21.3. The molecule has 0 aromatic carbocycles. The van der Waals surface area contributed by atoms with E-state index in [1.54, 1.807) is 32.0 Å². The van der Waals surface area contributed by atoms with Crippen LogP contribution in [0.3, 0.4) is 0 Å². The molecule has 4 amide bonds. The van der Waals surface area contributed by atoms with Gasteiger partial charge >= 0.3 is 6.03 Å². The Morgan fingerprint density at radius 2 is 2.20 bits per heavy atom. The van der Waals surface area contributed by atoms with Gasteiger partial charge in [0.15, 0.2) is 5.54 Å². The quantitative estimate of drug-likeness (QED) is 0.720. The standard InChI is InChI=1S/C16H16BrN3O4S/c1-9(10-4-3-7-24-10)18-13(21)8-20-14(22)16(2,19-15(20)23)11-5-6-12(17)25-11/h3-7,9H,8H2,1-2H3,(H,18,21)(H,19,23). The van der Waals surface area contributed by atoms with Gasteiger partial charge in [0.1, 0.15) is 12.3 Å². The lowest BCUT2D eigenvalue weighted by Crippen LogP contribution is -2.43. The van der Waals surface area contributed by atoms with Gasteiger partial charge in [-0.25, -0.2) is 4.79 Å². The molecule has 3 heterocycles. The minimum Gasteiger partial charge on any atom is -0.467 e. The van der Waals surface area contributed by atoms with E-state index in [1.807, 2.05) is 6.07 Å². The monoisotopic (exact) mass is 425 g/mol. The predicted molar refractivity (Wildman–Crippen MR) is 94.9 cm³/mol. The minimum absolute atomic E-state index is 0.349. The first-order valence-electron chi connectivity index (χ1n) is 7.54. The van der Waals surface area contributed by atoms with E-state index in [4.69, 9.17) is 4.42 Å². The number of urea groups is 1. The zero-order chi connectivity index (χ0) is 18.2. The van der Waals surface area contributed by atoms with E-state index in [0.717, 1.165) is 8.69 Å². The number of furan rings is 1. The van der Waals surface area contributed by atoms with E-state index >= 15 is 0 Å². The van der Waals surface area contributed by atoms with Crippen LogP contribution in [0.15, 0.2) is 38.7 Å². The van der Waals surface area contributed by atoms with Crippen molar-refractivity contribution >= 4 is 45.1 Å². The highest BCUT2D eigenvalue weighted by Gasteiger charge is 2.50. The summed E-state index contributed by atoms with van der Waals surface area (Å²) in [4.78, 5) is 38.8. The Morgan fingerprint density at radius 3 is 2.80 bits per heavy atom. The van der Waals surface area contributed by atoms with Gasteiger partial charge in [-0.1, -0.05) is 0 Å². The number of carbonyl (C=O) groups is 3. The number of nitrogens with one attached hydrogen (secondary N) is 2.